The van der Waals surface area contributed by atoms with Gasteiger partial charge in [-0.3, -0.25) is 4.79 Å². The predicted octanol–water partition coefficient (Wildman–Crippen LogP) is 7.44. The highest BCUT2D eigenvalue weighted by atomic mass is 16.5. The third kappa shape index (κ3) is 17.1. The summed E-state index contributed by atoms with van der Waals surface area (Å²) >= 11 is 0. The highest BCUT2D eigenvalue weighted by Crippen LogP contribution is 2.13. The second-order valence-corrected chi connectivity index (χ2v) is 8.21. The van der Waals surface area contributed by atoms with Crippen molar-refractivity contribution in [2.75, 3.05) is 13.2 Å². The highest BCUT2D eigenvalue weighted by molar-refractivity contribution is 5.75. The van der Waals surface area contributed by atoms with E-state index in [1.807, 2.05) is 30.3 Å². The van der Waals surface area contributed by atoms with Gasteiger partial charge in [0.15, 0.2) is 0 Å². The fraction of sp³-hybridized carbons (Fsp3) is 0.731. The van der Waals surface area contributed by atoms with E-state index >= 15 is 0 Å². The van der Waals surface area contributed by atoms with Crippen LogP contribution in [0.2, 0.25) is 0 Å². The number of rotatable bonds is 20. The van der Waals surface area contributed by atoms with E-state index in [1.165, 1.54) is 89.9 Å². The van der Waals surface area contributed by atoms with Crippen molar-refractivity contribution in [3.8, 4) is 5.75 Å². The Morgan fingerprint density at radius 2 is 1.21 bits per heavy atom. The van der Waals surface area contributed by atoms with E-state index in [1.54, 1.807) is 0 Å². The van der Waals surface area contributed by atoms with Crippen LogP contribution in [-0.4, -0.2) is 19.1 Å². The summed E-state index contributed by atoms with van der Waals surface area (Å²) in [4.78, 5) is 11.8. The lowest BCUT2D eigenvalue weighted by atomic mass is 10.0. The van der Waals surface area contributed by atoms with E-state index in [4.69, 9.17) is 4.74 Å². The number of hydrogen-bond donors (Lipinski definition) is 1. The summed E-state index contributed by atoms with van der Waals surface area (Å²) in [5.41, 5.74) is 0. The minimum atomic E-state index is 0.149. The van der Waals surface area contributed by atoms with Crippen LogP contribution >= 0.6 is 0 Å². The monoisotopic (exact) mass is 403 g/mol. The van der Waals surface area contributed by atoms with E-state index in [9.17, 15) is 4.79 Å². The van der Waals surface area contributed by atoms with Crippen LogP contribution in [0.5, 0.6) is 5.75 Å². The Morgan fingerprint density at radius 1 is 0.724 bits per heavy atom. The van der Waals surface area contributed by atoms with Crippen molar-refractivity contribution in [1.29, 1.82) is 0 Å². The van der Waals surface area contributed by atoms with Gasteiger partial charge in [0.1, 0.15) is 12.4 Å². The molecule has 0 saturated carbocycles. The molecule has 0 bridgehead atoms. The maximum absolute atomic E-state index is 11.8. The SMILES string of the molecule is CCCCCCCCCCCCCCCCCC(=O)NCCOc1ccccc1. The van der Waals surface area contributed by atoms with Gasteiger partial charge in [0.2, 0.25) is 5.91 Å². The molecule has 0 aliphatic heterocycles. The quantitative estimate of drug-likeness (QED) is 0.230. The second-order valence-electron chi connectivity index (χ2n) is 8.21. The van der Waals surface area contributed by atoms with Gasteiger partial charge in [0.25, 0.3) is 0 Å². The van der Waals surface area contributed by atoms with Crippen molar-refractivity contribution in [1.82, 2.24) is 5.32 Å². The molecule has 0 aliphatic carbocycles. The lowest BCUT2D eigenvalue weighted by molar-refractivity contribution is -0.121. The fourth-order valence-corrected chi connectivity index (χ4v) is 3.62. The Labute approximate surface area is 180 Å². The summed E-state index contributed by atoms with van der Waals surface area (Å²) in [5.74, 6) is 1.00. The molecule has 0 heterocycles. The molecule has 3 nitrogen and oxygen atoms in total. The minimum Gasteiger partial charge on any atom is -0.492 e. The third-order valence-corrected chi connectivity index (χ3v) is 5.44. The van der Waals surface area contributed by atoms with Crippen LogP contribution in [0.3, 0.4) is 0 Å². The molecule has 0 atom stereocenters. The zero-order valence-corrected chi connectivity index (χ0v) is 18.9. The van der Waals surface area contributed by atoms with Crippen LogP contribution in [0.1, 0.15) is 110 Å². The maximum atomic E-state index is 11.8. The van der Waals surface area contributed by atoms with E-state index in [0.29, 0.717) is 19.6 Å². The van der Waals surface area contributed by atoms with Crippen LogP contribution in [0, 0.1) is 0 Å². The standard InChI is InChI=1S/C26H45NO2/c1-2-3-4-5-6-7-8-9-10-11-12-13-14-15-19-22-26(28)27-23-24-29-25-20-17-16-18-21-25/h16-18,20-21H,2-15,19,22-24H2,1H3,(H,27,28). The van der Waals surface area contributed by atoms with Gasteiger partial charge in [0.05, 0.1) is 6.54 Å². The first-order valence-corrected chi connectivity index (χ1v) is 12.3. The van der Waals surface area contributed by atoms with Crippen molar-refractivity contribution >= 4 is 5.91 Å². The molecule has 0 fully saturated rings. The molecule has 0 aromatic heterocycles. The smallest absolute Gasteiger partial charge is 0.220 e. The molecule has 0 saturated heterocycles. The topological polar surface area (TPSA) is 38.3 Å². The molecule has 0 aliphatic rings. The first-order chi connectivity index (χ1) is 14.3. The second kappa shape index (κ2) is 19.8. The number of benzene rings is 1. The molecule has 1 aromatic carbocycles. The van der Waals surface area contributed by atoms with Gasteiger partial charge in [-0.2, -0.15) is 0 Å². The molecule has 0 radical (unpaired) electrons. The zero-order chi connectivity index (χ0) is 20.8. The van der Waals surface area contributed by atoms with Crippen molar-refractivity contribution < 1.29 is 9.53 Å². The van der Waals surface area contributed by atoms with Crippen molar-refractivity contribution in [2.45, 2.75) is 110 Å². The lowest BCUT2D eigenvalue weighted by Gasteiger charge is -2.07. The van der Waals surface area contributed by atoms with Gasteiger partial charge < -0.3 is 10.1 Å². The average Bonchev–Trinajstić information content (AvgIpc) is 2.75. The van der Waals surface area contributed by atoms with Gasteiger partial charge >= 0.3 is 0 Å². The summed E-state index contributed by atoms with van der Waals surface area (Å²) in [5, 5.41) is 2.94. The van der Waals surface area contributed by atoms with E-state index in [-0.39, 0.29) is 5.91 Å². The van der Waals surface area contributed by atoms with E-state index < -0.39 is 0 Å². The number of hydrogen-bond acceptors (Lipinski definition) is 2. The number of para-hydroxylation sites is 1. The number of nitrogens with one attached hydrogen (secondary N) is 1. The molecule has 0 unspecified atom stereocenters. The number of amides is 1. The summed E-state index contributed by atoms with van der Waals surface area (Å²) in [6.45, 7) is 3.38. The van der Waals surface area contributed by atoms with Gasteiger partial charge in [0, 0.05) is 6.42 Å². The number of ether oxygens (including phenoxy) is 1. The van der Waals surface area contributed by atoms with Crippen molar-refractivity contribution in [3.63, 3.8) is 0 Å². The summed E-state index contributed by atoms with van der Waals surface area (Å²) in [6, 6.07) is 9.72. The van der Waals surface area contributed by atoms with Crippen molar-refractivity contribution in [2.24, 2.45) is 0 Å². The largest absolute Gasteiger partial charge is 0.492 e. The third-order valence-electron chi connectivity index (χ3n) is 5.44. The Kier molecular flexibility index (Phi) is 17.4. The van der Waals surface area contributed by atoms with E-state index in [2.05, 4.69) is 12.2 Å². The molecular weight excluding hydrogens is 358 g/mol. The average molecular weight is 404 g/mol. The minimum absolute atomic E-state index is 0.149. The summed E-state index contributed by atoms with van der Waals surface area (Å²) < 4.78 is 5.57. The van der Waals surface area contributed by atoms with Gasteiger partial charge in [-0.25, -0.2) is 0 Å². The van der Waals surface area contributed by atoms with Crippen LogP contribution in [0.4, 0.5) is 0 Å². The lowest BCUT2D eigenvalue weighted by Crippen LogP contribution is -2.27. The molecule has 1 rings (SSSR count). The Balaban J connectivity index is 1.75. The first-order valence-electron chi connectivity index (χ1n) is 12.3. The number of carbonyl (C=O) groups is 1. The molecule has 1 amide bonds. The molecule has 3 heteroatoms. The molecule has 0 spiro atoms. The Bertz CT molecular complexity index is 475. The molecule has 1 N–H and O–H groups in total. The summed E-state index contributed by atoms with van der Waals surface area (Å²) in [6.07, 6.45) is 20.9. The maximum Gasteiger partial charge on any atom is 0.220 e. The fourth-order valence-electron chi connectivity index (χ4n) is 3.62. The molecular formula is C26H45NO2. The van der Waals surface area contributed by atoms with Crippen LogP contribution in [-0.2, 0) is 4.79 Å². The molecule has 166 valence electrons. The number of carbonyl (C=O) groups excluding carboxylic acids is 1. The normalized spacial score (nSPS) is 10.8. The Morgan fingerprint density at radius 3 is 1.72 bits per heavy atom. The van der Waals surface area contributed by atoms with Gasteiger partial charge in [-0.15, -0.1) is 0 Å². The first kappa shape index (κ1) is 25.5. The van der Waals surface area contributed by atoms with Gasteiger partial charge in [-0.05, 0) is 18.6 Å². The van der Waals surface area contributed by atoms with E-state index in [0.717, 1.165) is 12.2 Å². The predicted molar refractivity (Wildman–Crippen MR) is 124 cm³/mol. The van der Waals surface area contributed by atoms with Crippen LogP contribution in [0.25, 0.3) is 0 Å². The van der Waals surface area contributed by atoms with Gasteiger partial charge in [-0.1, -0.05) is 115 Å². The van der Waals surface area contributed by atoms with Crippen LogP contribution in [0.15, 0.2) is 30.3 Å². The Hall–Kier alpha value is -1.51. The number of unbranched alkanes of at least 4 members (excludes halogenated alkanes) is 14. The molecule has 29 heavy (non-hydrogen) atoms. The van der Waals surface area contributed by atoms with Crippen molar-refractivity contribution in [3.05, 3.63) is 30.3 Å². The highest BCUT2D eigenvalue weighted by Gasteiger charge is 2.01. The molecule has 1 aromatic rings. The summed E-state index contributed by atoms with van der Waals surface area (Å²) in [7, 11) is 0. The van der Waals surface area contributed by atoms with Crippen LogP contribution < -0.4 is 10.1 Å². The zero-order valence-electron chi connectivity index (χ0n) is 18.9.